The number of rotatable bonds is 2. The summed E-state index contributed by atoms with van der Waals surface area (Å²) in [7, 11) is 1.84. The highest BCUT2D eigenvalue weighted by atomic mass is 32.1. The summed E-state index contributed by atoms with van der Waals surface area (Å²) in [5.41, 5.74) is 3.68. The van der Waals surface area contributed by atoms with Gasteiger partial charge in [-0.25, -0.2) is 0 Å². The molecule has 2 nitrogen and oxygen atoms in total. The quantitative estimate of drug-likeness (QED) is 0.672. The van der Waals surface area contributed by atoms with E-state index in [0.29, 0.717) is 0 Å². The second-order valence-electron chi connectivity index (χ2n) is 3.25. The Labute approximate surface area is 87.9 Å². The zero-order valence-corrected chi connectivity index (χ0v) is 9.56. The third kappa shape index (κ3) is 1.28. The van der Waals surface area contributed by atoms with Gasteiger partial charge in [0.2, 0.25) is 0 Å². The fourth-order valence-electron chi connectivity index (χ4n) is 1.73. The van der Waals surface area contributed by atoms with Gasteiger partial charge in [-0.2, -0.15) is 0 Å². The molecule has 0 saturated carbocycles. The number of thiophene rings is 1. The van der Waals surface area contributed by atoms with Crippen molar-refractivity contribution < 1.29 is 0 Å². The van der Waals surface area contributed by atoms with Crippen LogP contribution in [0.25, 0.3) is 10.2 Å². The Kier molecular flexibility index (Phi) is 2.42. The topological polar surface area (TPSA) is 17.3 Å². The second-order valence-corrected chi connectivity index (χ2v) is 4.20. The number of fused-ring (bicyclic) bond motifs is 1. The second kappa shape index (κ2) is 3.58. The molecule has 0 aliphatic heterocycles. The Morgan fingerprint density at radius 2 is 2.36 bits per heavy atom. The van der Waals surface area contributed by atoms with Gasteiger partial charge >= 0.3 is 0 Å². The molecule has 2 rings (SSSR count). The average molecular weight is 206 g/mol. The maximum atomic E-state index is 4.24. The van der Waals surface area contributed by atoms with Crippen molar-refractivity contribution in [2.45, 2.75) is 20.4 Å². The highest BCUT2D eigenvalue weighted by Crippen LogP contribution is 2.25. The van der Waals surface area contributed by atoms with E-state index in [9.17, 15) is 0 Å². The van der Waals surface area contributed by atoms with Crippen molar-refractivity contribution in [3.05, 3.63) is 23.2 Å². The van der Waals surface area contributed by atoms with Crippen molar-refractivity contribution in [3.8, 4) is 0 Å². The molecule has 0 radical (unpaired) electrons. The maximum absolute atomic E-state index is 4.24. The van der Waals surface area contributed by atoms with Crippen LogP contribution in [0, 0.1) is 0 Å². The van der Waals surface area contributed by atoms with Gasteiger partial charge in [0.1, 0.15) is 0 Å². The molecule has 0 amide bonds. The predicted octanol–water partition coefficient (Wildman–Crippen LogP) is 3.16. The number of nitrogens with zero attached hydrogens (tertiary/aromatic N) is 2. The molecular formula is C11H14N2S. The Morgan fingerprint density at radius 3 is 3.00 bits per heavy atom. The van der Waals surface area contributed by atoms with Gasteiger partial charge in [0.25, 0.3) is 0 Å². The van der Waals surface area contributed by atoms with Crippen LogP contribution in [0.5, 0.6) is 0 Å². The Balaban J connectivity index is 2.70. The predicted molar refractivity (Wildman–Crippen MR) is 63.6 cm³/mol. The third-order valence-electron chi connectivity index (χ3n) is 2.55. The molecule has 3 heteroatoms. The lowest BCUT2D eigenvalue weighted by atomic mass is 10.3. The van der Waals surface area contributed by atoms with Crippen LogP contribution in [0.1, 0.15) is 19.5 Å². The smallest absolute Gasteiger partial charge is 0.0637 e. The van der Waals surface area contributed by atoms with Crippen molar-refractivity contribution >= 4 is 27.3 Å². The Hall–Kier alpha value is -1.09. The summed E-state index contributed by atoms with van der Waals surface area (Å²) >= 11 is 1.79. The number of hydrogen-bond acceptors (Lipinski definition) is 2. The molecule has 74 valence electrons. The van der Waals surface area contributed by atoms with Crippen LogP contribution >= 0.6 is 11.3 Å². The van der Waals surface area contributed by atoms with Gasteiger partial charge in [-0.15, -0.1) is 11.3 Å². The van der Waals surface area contributed by atoms with Crippen LogP contribution in [0.4, 0.5) is 0 Å². The van der Waals surface area contributed by atoms with E-state index in [2.05, 4.69) is 40.9 Å². The summed E-state index contributed by atoms with van der Waals surface area (Å²) in [6, 6.07) is 4.40. The van der Waals surface area contributed by atoms with Crippen molar-refractivity contribution in [2.24, 2.45) is 4.99 Å². The van der Waals surface area contributed by atoms with Crippen LogP contribution in [0.15, 0.2) is 22.5 Å². The molecule has 0 N–H and O–H groups in total. The number of aromatic nitrogens is 1. The first-order valence-corrected chi connectivity index (χ1v) is 5.66. The minimum absolute atomic E-state index is 1.00. The zero-order chi connectivity index (χ0) is 10.1. The molecule has 0 bridgehead atoms. The SMILES string of the molecule is CCn1c(C(C)=NC)cc2sccc21. The number of aliphatic imine (C=N–C) groups is 1. The first kappa shape index (κ1) is 9.46. The van der Waals surface area contributed by atoms with E-state index in [-0.39, 0.29) is 0 Å². The zero-order valence-electron chi connectivity index (χ0n) is 8.74. The van der Waals surface area contributed by atoms with Crippen LogP contribution in [0.3, 0.4) is 0 Å². The summed E-state index contributed by atoms with van der Waals surface area (Å²) in [5.74, 6) is 0. The normalized spacial score (nSPS) is 12.6. The average Bonchev–Trinajstić information content (AvgIpc) is 2.74. The van der Waals surface area contributed by atoms with E-state index in [4.69, 9.17) is 0 Å². The molecule has 0 atom stereocenters. The summed E-state index contributed by atoms with van der Waals surface area (Å²) < 4.78 is 3.67. The fraction of sp³-hybridized carbons (Fsp3) is 0.364. The summed E-state index contributed by atoms with van der Waals surface area (Å²) in [4.78, 5) is 4.24. The lowest BCUT2D eigenvalue weighted by molar-refractivity contribution is 0.789. The van der Waals surface area contributed by atoms with Gasteiger partial charge in [0.15, 0.2) is 0 Å². The summed E-state index contributed by atoms with van der Waals surface area (Å²) in [6.45, 7) is 5.23. The third-order valence-corrected chi connectivity index (χ3v) is 3.40. The van der Waals surface area contributed by atoms with E-state index in [1.807, 2.05) is 7.05 Å². The van der Waals surface area contributed by atoms with E-state index >= 15 is 0 Å². The van der Waals surface area contributed by atoms with E-state index in [1.165, 1.54) is 15.9 Å². The molecule has 0 fully saturated rings. The van der Waals surface area contributed by atoms with Crippen molar-refractivity contribution in [2.75, 3.05) is 7.05 Å². The maximum Gasteiger partial charge on any atom is 0.0637 e. The standard InChI is InChI=1S/C11H14N2S/c1-4-13-9-5-6-14-11(9)7-10(13)8(2)12-3/h5-7H,4H2,1-3H3. The molecule has 0 aromatic carbocycles. The fourth-order valence-corrected chi connectivity index (χ4v) is 2.55. The molecule has 2 heterocycles. The first-order valence-electron chi connectivity index (χ1n) is 4.78. The lowest BCUT2D eigenvalue weighted by Crippen LogP contribution is -2.05. The van der Waals surface area contributed by atoms with E-state index < -0.39 is 0 Å². The van der Waals surface area contributed by atoms with Gasteiger partial charge in [0, 0.05) is 13.6 Å². The molecule has 0 aliphatic carbocycles. The largest absolute Gasteiger partial charge is 0.339 e. The molecule has 14 heavy (non-hydrogen) atoms. The first-order chi connectivity index (χ1) is 6.77. The van der Waals surface area contributed by atoms with Gasteiger partial charge in [-0.05, 0) is 31.4 Å². The summed E-state index contributed by atoms with van der Waals surface area (Å²) in [6.07, 6.45) is 0. The molecule has 2 aromatic heterocycles. The molecule has 0 saturated heterocycles. The van der Waals surface area contributed by atoms with Gasteiger partial charge in [-0.3, -0.25) is 4.99 Å². The van der Waals surface area contributed by atoms with Crippen molar-refractivity contribution in [1.29, 1.82) is 0 Å². The van der Waals surface area contributed by atoms with Crippen LogP contribution in [-0.2, 0) is 6.54 Å². The molecule has 0 aliphatic rings. The molecule has 0 unspecified atom stereocenters. The molecular weight excluding hydrogens is 192 g/mol. The van der Waals surface area contributed by atoms with E-state index in [1.54, 1.807) is 11.3 Å². The molecule has 2 aromatic rings. The van der Waals surface area contributed by atoms with Gasteiger partial charge < -0.3 is 4.57 Å². The highest BCUT2D eigenvalue weighted by Gasteiger charge is 2.09. The lowest BCUT2D eigenvalue weighted by Gasteiger charge is -2.05. The number of hydrogen-bond donors (Lipinski definition) is 0. The highest BCUT2D eigenvalue weighted by molar-refractivity contribution is 7.17. The summed E-state index contributed by atoms with van der Waals surface area (Å²) in [5, 5.41) is 2.14. The van der Waals surface area contributed by atoms with Crippen molar-refractivity contribution in [1.82, 2.24) is 4.57 Å². The van der Waals surface area contributed by atoms with Crippen LogP contribution in [0.2, 0.25) is 0 Å². The van der Waals surface area contributed by atoms with E-state index in [0.717, 1.165) is 12.3 Å². The Morgan fingerprint density at radius 1 is 1.57 bits per heavy atom. The van der Waals surface area contributed by atoms with Crippen LogP contribution in [-0.4, -0.2) is 17.3 Å². The number of aryl methyl sites for hydroxylation is 1. The van der Waals surface area contributed by atoms with Gasteiger partial charge in [-0.1, -0.05) is 0 Å². The molecule has 0 spiro atoms. The monoisotopic (exact) mass is 206 g/mol. The Bertz CT molecular complexity index is 476. The van der Waals surface area contributed by atoms with Crippen LogP contribution < -0.4 is 0 Å². The van der Waals surface area contributed by atoms with Gasteiger partial charge in [0.05, 0.1) is 21.6 Å². The van der Waals surface area contributed by atoms with Crippen molar-refractivity contribution in [3.63, 3.8) is 0 Å². The minimum atomic E-state index is 1.00. The minimum Gasteiger partial charge on any atom is -0.339 e.